The van der Waals surface area contributed by atoms with Gasteiger partial charge in [0.1, 0.15) is 5.82 Å². The summed E-state index contributed by atoms with van der Waals surface area (Å²) in [4.78, 5) is 24.7. The van der Waals surface area contributed by atoms with E-state index >= 15 is 0 Å². The summed E-state index contributed by atoms with van der Waals surface area (Å²) in [5.41, 5.74) is 2.01. The van der Waals surface area contributed by atoms with Gasteiger partial charge in [-0.25, -0.2) is 12.8 Å². The lowest BCUT2D eigenvalue weighted by atomic mass is 10.0. The van der Waals surface area contributed by atoms with Crippen LogP contribution in [0.1, 0.15) is 33.9 Å². The fourth-order valence-electron chi connectivity index (χ4n) is 3.08. The lowest BCUT2D eigenvalue weighted by molar-refractivity contribution is -0.141. The number of aryl methyl sites for hydroxylation is 1. The van der Waals surface area contributed by atoms with Crippen molar-refractivity contribution in [1.29, 1.82) is 0 Å². The molecule has 1 unspecified atom stereocenters. The van der Waals surface area contributed by atoms with Crippen LogP contribution < -0.4 is 10.0 Å². The van der Waals surface area contributed by atoms with Gasteiger partial charge in [-0.1, -0.05) is 35.9 Å². The predicted molar refractivity (Wildman–Crippen MR) is 122 cm³/mol. The van der Waals surface area contributed by atoms with Crippen LogP contribution in [0.4, 0.5) is 10.1 Å². The molecule has 1 amide bonds. The topological polar surface area (TPSA) is 102 Å². The van der Waals surface area contributed by atoms with Crippen LogP contribution in [0.3, 0.4) is 0 Å². The maximum Gasteiger partial charge on any atom is 0.307 e. The van der Waals surface area contributed by atoms with E-state index in [1.165, 1.54) is 43.5 Å². The maximum atomic E-state index is 13.1. The molecule has 0 bridgehead atoms. The smallest absolute Gasteiger partial charge is 0.307 e. The van der Waals surface area contributed by atoms with E-state index in [4.69, 9.17) is 4.74 Å². The number of hydrogen-bond donors (Lipinski definition) is 2. The Balaban J connectivity index is 1.82. The lowest BCUT2D eigenvalue weighted by Crippen LogP contribution is -2.30. The van der Waals surface area contributed by atoms with Crippen molar-refractivity contribution in [2.75, 3.05) is 11.8 Å². The zero-order valence-corrected chi connectivity index (χ0v) is 18.9. The van der Waals surface area contributed by atoms with Gasteiger partial charge in [0.2, 0.25) is 0 Å². The number of ether oxygens (including phenoxy) is 1. The Morgan fingerprint density at radius 1 is 1.00 bits per heavy atom. The van der Waals surface area contributed by atoms with Gasteiger partial charge in [0.05, 0.1) is 24.5 Å². The van der Waals surface area contributed by atoms with E-state index < -0.39 is 33.8 Å². The Morgan fingerprint density at radius 2 is 1.67 bits per heavy atom. The summed E-state index contributed by atoms with van der Waals surface area (Å²) in [6.45, 7) is 1.92. The highest BCUT2D eigenvalue weighted by Crippen LogP contribution is 2.21. The number of sulfonamides is 1. The molecule has 0 aliphatic rings. The quantitative estimate of drug-likeness (QED) is 0.485. The normalized spacial score (nSPS) is 12.0. The molecule has 1 atom stereocenters. The molecule has 3 aromatic rings. The Kier molecular flexibility index (Phi) is 7.44. The first kappa shape index (κ1) is 23.9. The summed E-state index contributed by atoms with van der Waals surface area (Å²) in [7, 11) is -2.75. The maximum absolute atomic E-state index is 13.1. The number of halogens is 1. The highest BCUT2D eigenvalue weighted by molar-refractivity contribution is 7.92. The Hall–Kier alpha value is -3.72. The van der Waals surface area contributed by atoms with Crippen molar-refractivity contribution < 1.29 is 27.1 Å². The van der Waals surface area contributed by atoms with Crippen molar-refractivity contribution in [3.63, 3.8) is 0 Å². The van der Waals surface area contributed by atoms with Gasteiger partial charge in [-0.2, -0.15) is 0 Å². The van der Waals surface area contributed by atoms with Crippen LogP contribution in [0.5, 0.6) is 0 Å². The van der Waals surface area contributed by atoms with Gasteiger partial charge in [-0.05, 0) is 55.0 Å². The number of amides is 1. The summed E-state index contributed by atoms with van der Waals surface area (Å²) in [5, 5.41) is 2.77. The average Bonchev–Trinajstić information content (AvgIpc) is 2.80. The minimum atomic E-state index is -4.02. The van der Waals surface area contributed by atoms with E-state index in [1.54, 1.807) is 12.1 Å². The van der Waals surface area contributed by atoms with E-state index in [2.05, 4.69) is 10.0 Å². The van der Waals surface area contributed by atoms with Gasteiger partial charge in [0.25, 0.3) is 15.9 Å². The number of nitrogens with one attached hydrogen (secondary N) is 2. The van der Waals surface area contributed by atoms with Crippen LogP contribution in [0.15, 0.2) is 77.7 Å². The highest BCUT2D eigenvalue weighted by Gasteiger charge is 2.21. The van der Waals surface area contributed by atoms with E-state index in [-0.39, 0.29) is 22.6 Å². The second kappa shape index (κ2) is 10.3. The van der Waals surface area contributed by atoms with Gasteiger partial charge >= 0.3 is 5.97 Å². The van der Waals surface area contributed by atoms with Crippen LogP contribution in [0, 0.1) is 12.7 Å². The van der Waals surface area contributed by atoms with Crippen molar-refractivity contribution in [3.8, 4) is 0 Å². The number of esters is 1. The first-order valence-corrected chi connectivity index (χ1v) is 11.5. The first-order chi connectivity index (χ1) is 15.7. The van der Waals surface area contributed by atoms with Crippen molar-refractivity contribution in [2.24, 2.45) is 0 Å². The van der Waals surface area contributed by atoms with Crippen LogP contribution >= 0.6 is 0 Å². The minimum Gasteiger partial charge on any atom is -0.469 e. The number of rotatable bonds is 8. The zero-order valence-electron chi connectivity index (χ0n) is 18.0. The molecule has 7 nitrogen and oxygen atoms in total. The molecule has 33 heavy (non-hydrogen) atoms. The molecule has 0 radical (unpaired) electrons. The third-order valence-electron chi connectivity index (χ3n) is 4.89. The molecule has 0 spiro atoms. The average molecular weight is 471 g/mol. The van der Waals surface area contributed by atoms with Gasteiger partial charge < -0.3 is 10.1 Å². The Bertz CT molecular complexity index is 1240. The monoisotopic (exact) mass is 470 g/mol. The Morgan fingerprint density at radius 3 is 2.30 bits per heavy atom. The molecule has 0 saturated carbocycles. The molecule has 3 aromatic carbocycles. The number of methoxy groups -OCH3 is 1. The third kappa shape index (κ3) is 6.39. The molecular formula is C24H23FN2O5S. The summed E-state index contributed by atoms with van der Waals surface area (Å²) < 4.78 is 45.6. The predicted octanol–water partition coefficient (Wildman–Crippen LogP) is 3.97. The molecule has 0 heterocycles. The minimum absolute atomic E-state index is 0.0879. The standard InChI is InChI=1S/C24H23FN2O5S/c1-16-6-8-17(9-7-16)22(15-23(28)32-2)26-24(29)18-4-3-5-21(14-18)33(30,31)27-20-12-10-19(25)11-13-20/h3-14,22,27H,15H2,1-2H3,(H,26,29). The molecular weight excluding hydrogens is 447 g/mol. The molecule has 0 aromatic heterocycles. The number of carbonyl (C=O) groups excluding carboxylic acids is 2. The zero-order chi connectivity index (χ0) is 24.0. The van der Waals surface area contributed by atoms with Crippen molar-refractivity contribution in [1.82, 2.24) is 5.32 Å². The van der Waals surface area contributed by atoms with Gasteiger partial charge in [0, 0.05) is 11.3 Å². The van der Waals surface area contributed by atoms with Crippen LogP contribution in [-0.2, 0) is 19.6 Å². The molecule has 0 aliphatic carbocycles. The number of hydrogen-bond acceptors (Lipinski definition) is 5. The largest absolute Gasteiger partial charge is 0.469 e. The summed E-state index contributed by atoms with van der Waals surface area (Å²) >= 11 is 0. The molecule has 0 saturated heterocycles. The van der Waals surface area contributed by atoms with Gasteiger partial charge in [-0.3, -0.25) is 14.3 Å². The number of carbonyl (C=O) groups is 2. The van der Waals surface area contributed by atoms with E-state index in [0.29, 0.717) is 5.56 Å². The fourth-order valence-corrected chi connectivity index (χ4v) is 4.18. The van der Waals surface area contributed by atoms with E-state index in [9.17, 15) is 22.4 Å². The second-order valence-corrected chi connectivity index (χ2v) is 9.04. The molecule has 3 rings (SSSR count). The van der Waals surface area contributed by atoms with Gasteiger partial charge in [-0.15, -0.1) is 0 Å². The Labute approximate surface area is 191 Å². The van der Waals surface area contributed by atoms with Crippen molar-refractivity contribution in [3.05, 3.63) is 95.3 Å². The third-order valence-corrected chi connectivity index (χ3v) is 6.27. The van der Waals surface area contributed by atoms with Crippen LogP contribution in [0.2, 0.25) is 0 Å². The molecule has 0 aliphatic heterocycles. The second-order valence-electron chi connectivity index (χ2n) is 7.36. The van der Waals surface area contributed by atoms with Crippen molar-refractivity contribution >= 4 is 27.6 Å². The summed E-state index contributed by atoms with van der Waals surface area (Å²) in [5.74, 6) is -1.55. The summed E-state index contributed by atoms with van der Waals surface area (Å²) in [6.07, 6.45) is -0.0879. The lowest BCUT2D eigenvalue weighted by Gasteiger charge is -2.19. The highest BCUT2D eigenvalue weighted by atomic mass is 32.2. The van der Waals surface area contributed by atoms with Crippen molar-refractivity contribution in [2.45, 2.75) is 24.3 Å². The first-order valence-electron chi connectivity index (χ1n) is 10.0. The fraction of sp³-hybridized carbons (Fsp3) is 0.167. The van der Waals surface area contributed by atoms with Gasteiger partial charge in [0.15, 0.2) is 0 Å². The van der Waals surface area contributed by atoms with E-state index in [0.717, 1.165) is 17.7 Å². The van der Waals surface area contributed by atoms with Crippen LogP contribution in [0.25, 0.3) is 0 Å². The SMILES string of the molecule is COC(=O)CC(NC(=O)c1cccc(S(=O)(=O)Nc2ccc(F)cc2)c1)c1ccc(C)cc1. The van der Waals surface area contributed by atoms with E-state index in [1.807, 2.05) is 19.1 Å². The number of benzene rings is 3. The summed E-state index contributed by atoms with van der Waals surface area (Å²) in [6, 6.07) is 17.0. The molecule has 9 heteroatoms. The molecule has 2 N–H and O–H groups in total. The van der Waals surface area contributed by atoms with Crippen LogP contribution in [-0.4, -0.2) is 27.4 Å². The number of anilines is 1. The molecule has 172 valence electrons. The molecule has 0 fully saturated rings.